The average molecular weight is 1010 g/mol. The largest absolute Gasteiger partial charge is 0.458 e. The van der Waals surface area contributed by atoms with Crippen LogP contribution in [0.1, 0.15) is 96.3 Å². The lowest BCUT2D eigenvalue weighted by molar-refractivity contribution is -0.177. The molecule has 0 amide bonds. The number of allylic oxidation sites excluding steroid dienone is 3. The van der Waals surface area contributed by atoms with E-state index in [9.17, 15) is 34.2 Å². The van der Waals surface area contributed by atoms with Gasteiger partial charge in [-0.2, -0.15) is 0 Å². The fourth-order valence-electron chi connectivity index (χ4n) is 19.5. The molecule has 23 atom stereocenters. The summed E-state index contributed by atoms with van der Waals surface area (Å²) in [5.41, 5.74) is -1.60. The molecule has 13 rings (SSSR count). The van der Waals surface area contributed by atoms with Gasteiger partial charge in [0, 0.05) is 117 Å². The van der Waals surface area contributed by atoms with Crippen molar-refractivity contribution in [2.45, 2.75) is 132 Å². The van der Waals surface area contributed by atoms with Gasteiger partial charge in [-0.25, -0.2) is 19.2 Å². The summed E-state index contributed by atoms with van der Waals surface area (Å²) < 4.78 is 24.6. The van der Waals surface area contributed by atoms with Gasteiger partial charge in [-0.05, 0) is 101 Å². The summed E-state index contributed by atoms with van der Waals surface area (Å²) in [4.78, 5) is 116. The van der Waals surface area contributed by atoms with Crippen LogP contribution in [-0.4, -0.2) is 92.8 Å². The van der Waals surface area contributed by atoms with Gasteiger partial charge in [0.15, 0.2) is 5.78 Å². The highest BCUT2D eigenvalue weighted by atomic mass is 16.6. The number of hydrogen-bond acceptors (Lipinski definition) is 14. The molecule has 4 heterocycles. The molecule has 9 saturated carbocycles. The Kier molecular flexibility index (Phi) is 10.5. The molecule has 390 valence electrons. The summed E-state index contributed by atoms with van der Waals surface area (Å²) in [6.45, 7) is 29.7. The highest BCUT2D eigenvalue weighted by molar-refractivity contribution is 6.01. The van der Waals surface area contributed by atoms with Crippen molar-refractivity contribution in [2.24, 2.45) is 100 Å². The van der Waals surface area contributed by atoms with Gasteiger partial charge in [0.1, 0.15) is 47.4 Å². The molecule has 0 aromatic heterocycles. The molecule has 13 fully saturated rings. The SMILES string of the molecule is C=C1CC[C@H]2C(=C)C(=O)O[C@@H]2[C@@H]2[C@H]1[C@@H](C[C@@H]1C(=O)C3C4[C@H]1[C@H]1OC(=O)C(=C)[C@@H]1CC[C@]4(O)CC[C@]31C(=O)C[C@H]3C(=C)CC[C@H]4C(=C)C(=O)O[C@@H]4[C@H]31)C(=O)[C@@]2(O)CC[C@@H]1C(=O)C[C@H]2C(=C)CC[C@H]3C(=C)C(=O)O[C@@H]3[C@@H]12. The van der Waals surface area contributed by atoms with E-state index in [1.807, 2.05) is 0 Å². The minimum absolute atomic E-state index is 0.0408. The summed E-state index contributed by atoms with van der Waals surface area (Å²) in [6, 6.07) is 0. The number of esters is 4. The topological polar surface area (TPSA) is 214 Å². The van der Waals surface area contributed by atoms with E-state index in [0.717, 1.165) is 11.1 Å². The number of carbonyl (C=O) groups is 8. The fourth-order valence-corrected chi connectivity index (χ4v) is 19.5. The lowest BCUT2D eigenvalue weighted by Gasteiger charge is -2.54. The molecule has 4 aliphatic heterocycles. The number of carbonyl (C=O) groups excluding carboxylic acids is 8. The van der Waals surface area contributed by atoms with Crippen molar-refractivity contribution in [3.8, 4) is 0 Å². The van der Waals surface area contributed by atoms with E-state index < -0.39 is 154 Å². The molecule has 0 bridgehead atoms. The van der Waals surface area contributed by atoms with Crippen LogP contribution in [0, 0.1) is 100 Å². The van der Waals surface area contributed by atoms with Crippen LogP contribution in [0.3, 0.4) is 0 Å². The summed E-state index contributed by atoms with van der Waals surface area (Å²) in [5, 5.41) is 26.8. The number of Topliss-reactive ketones (excluding diaryl/α,β-unsaturated/α-hetero) is 4. The van der Waals surface area contributed by atoms with Gasteiger partial charge in [-0.1, -0.05) is 62.8 Å². The van der Waals surface area contributed by atoms with Crippen LogP contribution in [0.5, 0.6) is 0 Å². The molecule has 0 radical (unpaired) electrons. The third kappa shape index (κ3) is 6.12. The second-order valence-corrected chi connectivity index (χ2v) is 25.3. The molecule has 9 aliphatic carbocycles. The maximum Gasteiger partial charge on any atom is 0.334 e. The van der Waals surface area contributed by atoms with Crippen molar-refractivity contribution in [1.29, 1.82) is 0 Å². The Balaban J connectivity index is 0.917. The van der Waals surface area contributed by atoms with Crippen molar-refractivity contribution < 1.29 is 67.5 Å². The van der Waals surface area contributed by atoms with Crippen LogP contribution < -0.4 is 0 Å². The van der Waals surface area contributed by atoms with E-state index >= 15 is 14.4 Å². The Hall–Kier alpha value is -5.34. The molecule has 74 heavy (non-hydrogen) atoms. The van der Waals surface area contributed by atoms with Crippen LogP contribution in [0.25, 0.3) is 0 Å². The lowest BCUT2D eigenvalue weighted by atomic mass is 9.50. The quantitative estimate of drug-likeness (QED) is 0.137. The molecular formula is C60H66O14. The van der Waals surface area contributed by atoms with Crippen molar-refractivity contribution in [3.63, 3.8) is 0 Å². The van der Waals surface area contributed by atoms with Crippen LogP contribution in [0.4, 0.5) is 0 Å². The number of fused-ring (bicyclic) bond motifs is 13. The predicted octanol–water partition coefficient (Wildman–Crippen LogP) is 6.14. The molecule has 14 nitrogen and oxygen atoms in total. The molecule has 2 unspecified atom stereocenters. The van der Waals surface area contributed by atoms with Gasteiger partial charge in [0.2, 0.25) is 0 Å². The Morgan fingerprint density at radius 1 is 0.500 bits per heavy atom. The van der Waals surface area contributed by atoms with Gasteiger partial charge in [-0.3, -0.25) is 19.2 Å². The second-order valence-electron chi connectivity index (χ2n) is 25.3. The fraction of sp³-hybridized carbons (Fsp3) is 0.633. The molecule has 13 aliphatic rings. The average Bonchev–Trinajstić information content (AvgIpc) is 4.21. The Morgan fingerprint density at radius 2 is 1.01 bits per heavy atom. The van der Waals surface area contributed by atoms with Crippen LogP contribution >= 0.6 is 0 Å². The number of ether oxygens (including phenoxy) is 4. The molecule has 0 aromatic rings. The Bertz CT molecular complexity index is 2810. The van der Waals surface area contributed by atoms with Gasteiger partial charge in [0.05, 0.1) is 5.60 Å². The number of ketones is 4. The monoisotopic (exact) mass is 1010 g/mol. The van der Waals surface area contributed by atoms with Crippen molar-refractivity contribution in [3.05, 3.63) is 85.1 Å². The van der Waals surface area contributed by atoms with Crippen molar-refractivity contribution >= 4 is 47.0 Å². The van der Waals surface area contributed by atoms with E-state index in [2.05, 4.69) is 46.1 Å². The van der Waals surface area contributed by atoms with Gasteiger partial charge in [-0.15, -0.1) is 0 Å². The maximum absolute atomic E-state index is 16.4. The van der Waals surface area contributed by atoms with E-state index in [1.165, 1.54) is 0 Å². The molecular weight excluding hydrogens is 945 g/mol. The second kappa shape index (κ2) is 16.1. The minimum atomic E-state index is -2.22. The first kappa shape index (κ1) is 48.3. The lowest BCUT2D eigenvalue weighted by Crippen LogP contribution is -2.59. The highest BCUT2D eigenvalue weighted by Crippen LogP contribution is 2.72. The van der Waals surface area contributed by atoms with Crippen molar-refractivity contribution in [1.82, 2.24) is 0 Å². The van der Waals surface area contributed by atoms with E-state index in [-0.39, 0.29) is 91.7 Å². The predicted molar refractivity (Wildman–Crippen MR) is 261 cm³/mol. The van der Waals surface area contributed by atoms with Gasteiger partial charge >= 0.3 is 23.9 Å². The van der Waals surface area contributed by atoms with Gasteiger partial charge in [0.25, 0.3) is 0 Å². The van der Waals surface area contributed by atoms with E-state index in [4.69, 9.17) is 18.9 Å². The van der Waals surface area contributed by atoms with E-state index in [0.29, 0.717) is 61.7 Å². The number of hydrogen-bond donors (Lipinski definition) is 2. The van der Waals surface area contributed by atoms with Gasteiger partial charge < -0.3 is 29.2 Å². The first-order valence-electron chi connectivity index (χ1n) is 27.3. The van der Waals surface area contributed by atoms with Crippen LogP contribution in [0.15, 0.2) is 85.1 Å². The molecule has 2 N–H and O–H groups in total. The van der Waals surface area contributed by atoms with Crippen LogP contribution in [0.2, 0.25) is 0 Å². The Morgan fingerprint density at radius 3 is 1.62 bits per heavy atom. The molecule has 4 saturated heterocycles. The standard InChI is InChI=1S/C60H66O14/c1-23-8-11-30-26(4)54(65)71-49(30)42-34(39(61)21-35(23)42)15-17-60(70)46-41(25(3)10-13-32-28(6)57(68)74-52(32)46)38(53(60)64)20-37-43-45-47(48(37)63)59(19-18-58(45,69)16-14-33-29(7)55(66)72-50(33)43)40(62)22-36-24(2)9-12-31-27(5)56(67)73-51(31)44(36)59/h30-38,41-47,49-52,69-70H,1-22H2/t30-,31-,32-,33-,34+,35-,36-,37-,38+,41+,42-,43-,44-,45?,46-,47?,49-,50-,51-,52-,58-,59+,60+/m0/s1. The number of aliphatic hydroxyl groups is 2. The third-order valence-corrected chi connectivity index (χ3v) is 22.9. The zero-order valence-electron chi connectivity index (χ0n) is 41.9. The zero-order valence-corrected chi connectivity index (χ0v) is 41.9. The van der Waals surface area contributed by atoms with Crippen LogP contribution in [-0.2, 0) is 57.3 Å². The summed E-state index contributed by atoms with van der Waals surface area (Å²) in [6.07, 6.45) is 0.522. The van der Waals surface area contributed by atoms with Crippen molar-refractivity contribution in [2.75, 3.05) is 0 Å². The first-order chi connectivity index (χ1) is 35.1. The van der Waals surface area contributed by atoms with E-state index in [1.54, 1.807) is 0 Å². The maximum atomic E-state index is 16.4. The molecule has 0 aromatic carbocycles. The molecule has 1 spiro atoms. The summed E-state index contributed by atoms with van der Waals surface area (Å²) in [7, 11) is 0. The highest BCUT2D eigenvalue weighted by Gasteiger charge is 2.78. The summed E-state index contributed by atoms with van der Waals surface area (Å²) in [5.74, 6) is -14.8. The first-order valence-corrected chi connectivity index (χ1v) is 27.3. The smallest absolute Gasteiger partial charge is 0.334 e. The Labute approximate surface area is 430 Å². The normalized spacial score (nSPS) is 50.0. The summed E-state index contributed by atoms with van der Waals surface area (Å²) >= 11 is 0. The minimum Gasteiger partial charge on any atom is -0.458 e. The third-order valence-electron chi connectivity index (χ3n) is 22.9. The molecule has 14 heteroatoms. The number of rotatable bonds is 5. The zero-order chi connectivity index (χ0) is 52.1.